The van der Waals surface area contributed by atoms with Crippen LogP contribution >= 0.6 is 0 Å². The molecule has 1 aromatic rings. The van der Waals surface area contributed by atoms with Gasteiger partial charge in [-0.3, -0.25) is 10.1 Å². The van der Waals surface area contributed by atoms with Crippen LogP contribution in [0.15, 0.2) is 29.2 Å². The molecule has 6 nitrogen and oxygen atoms in total. The van der Waals surface area contributed by atoms with Gasteiger partial charge in [-0.2, -0.15) is 4.31 Å². The van der Waals surface area contributed by atoms with Gasteiger partial charge in [0.25, 0.3) is 5.69 Å². The Balaban J connectivity index is 2.33. The summed E-state index contributed by atoms with van der Waals surface area (Å²) in [7, 11) is -3.80. The van der Waals surface area contributed by atoms with E-state index in [2.05, 4.69) is 0 Å². The molecule has 1 aliphatic heterocycles. The Labute approximate surface area is 125 Å². The summed E-state index contributed by atoms with van der Waals surface area (Å²) in [6.07, 6.45) is 5.87. The van der Waals surface area contributed by atoms with Crippen molar-refractivity contribution < 1.29 is 13.3 Å². The first-order chi connectivity index (χ1) is 10.0. The highest BCUT2D eigenvalue weighted by Gasteiger charge is 2.30. The highest BCUT2D eigenvalue weighted by atomic mass is 32.2. The minimum Gasteiger partial charge on any atom is -0.258 e. The molecule has 0 aliphatic carbocycles. The summed E-state index contributed by atoms with van der Waals surface area (Å²) in [6.45, 7) is 0.878. The van der Waals surface area contributed by atoms with Gasteiger partial charge in [0.15, 0.2) is 4.90 Å². The monoisotopic (exact) mass is 312 g/mol. The fraction of sp³-hybridized carbons (Fsp3) is 0.571. The van der Waals surface area contributed by atoms with E-state index in [1.54, 1.807) is 0 Å². The SMILES string of the molecule is O=[N+]([O-])c1ccccc1S(=O)(=O)N1CCCCCCCC1. The van der Waals surface area contributed by atoms with E-state index in [9.17, 15) is 18.5 Å². The molecule has 0 saturated carbocycles. The van der Waals surface area contributed by atoms with Crippen molar-refractivity contribution in [3.63, 3.8) is 0 Å². The molecule has 7 heteroatoms. The van der Waals surface area contributed by atoms with E-state index >= 15 is 0 Å². The topological polar surface area (TPSA) is 80.5 Å². The van der Waals surface area contributed by atoms with E-state index in [0.29, 0.717) is 13.1 Å². The van der Waals surface area contributed by atoms with Crippen LogP contribution in [0.5, 0.6) is 0 Å². The minimum absolute atomic E-state index is 0.200. The molecule has 0 radical (unpaired) electrons. The van der Waals surface area contributed by atoms with Gasteiger partial charge < -0.3 is 0 Å². The Bertz CT molecular complexity index is 591. The first-order valence-electron chi connectivity index (χ1n) is 7.27. The van der Waals surface area contributed by atoms with Crippen molar-refractivity contribution in [2.75, 3.05) is 13.1 Å². The maximum atomic E-state index is 12.7. The molecule has 1 aliphatic rings. The second-order valence-electron chi connectivity index (χ2n) is 5.25. The maximum Gasteiger partial charge on any atom is 0.289 e. The molecule has 1 fully saturated rings. The first kappa shape index (κ1) is 15.9. The van der Waals surface area contributed by atoms with E-state index in [1.165, 1.54) is 28.6 Å². The van der Waals surface area contributed by atoms with Gasteiger partial charge >= 0.3 is 0 Å². The summed E-state index contributed by atoms with van der Waals surface area (Å²) in [5.41, 5.74) is -0.350. The summed E-state index contributed by atoms with van der Waals surface area (Å²) in [6, 6.07) is 5.56. The smallest absolute Gasteiger partial charge is 0.258 e. The first-order valence-corrected chi connectivity index (χ1v) is 8.71. The van der Waals surface area contributed by atoms with Gasteiger partial charge in [-0.15, -0.1) is 0 Å². The van der Waals surface area contributed by atoms with Gasteiger partial charge in [0.2, 0.25) is 10.0 Å². The van der Waals surface area contributed by atoms with Crippen molar-refractivity contribution in [1.29, 1.82) is 0 Å². The van der Waals surface area contributed by atoms with Gasteiger partial charge in [-0.1, -0.05) is 37.8 Å². The lowest BCUT2D eigenvalue weighted by molar-refractivity contribution is -0.387. The molecular weight excluding hydrogens is 292 g/mol. The second-order valence-corrected chi connectivity index (χ2v) is 7.16. The zero-order chi connectivity index (χ0) is 15.3. The summed E-state index contributed by atoms with van der Waals surface area (Å²) in [5, 5.41) is 11.1. The van der Waals surface area contributed by atoms with Gasteiger partial charge in [0, 0.05) is 19.2 Å². The molecule has 116 valence electrons. The Morgan fingerprint density at radius 2 is 1.48 bits per heavy atom. The summed E-state index contributed by atoms with van der Waals surface area (Å²) >= 11 is 0. The lowest BCUT2D eigenvalue weighted by Gasteiger charge is -2.21. The van der Waals surface area contributed by atoms with Crippen molar-refractivity contribution in [2.24, 2.45) is 0 Å². The predicted molar refractivity (Wildman–Crippen MR) is 79.6 cm³/mol. The van der Waals surface area contributed by atoms with Crippen molar-refractivity contribution in [3.05, 3.63) is 34.4 Å². The number of nitro groups is 1. The summed E-state index contributed by atoms with van der Waals surface area (Å²) < 4.78 is 26.8. The highest BCUT2D eigenvalue weighted by molar-refractivity contribution is 7.89. The van der Waals surface area contributed by atoms with E-state index in [-0.39, 0.29) is 10.6 Å². The molecule has 0 bridgehead atoms. The average Bonchev–Trinajstić information content (AvgIpc) is 2.61. The van der Waals surface area contributed by atoms with Crippen LogP contribution in [0.1, 0.15) is 38.5 Å². The van der Waals surface area contributed by atoms with Crippen molar-refractivity contribution in [1.82, 2.24) is 4.31 Å². The normalized spacial score (nSPS) is 18.5. The number of hydrogen-bond acceptors (Lipinski definition) is 4. The molecule has 0 aromatic heterocycles. The quantitative estimate of drug-likeness (QED) is 0.635. The molecule has 1 aromatic carbocycles. The molecule has 1 heterocycles. The highest BCUT2D eigenvalue weighted by Crippen LogP contribution is 2.27. The maximum absolute atomic E-state index is 12.7. The van der Waals surface area contributed by atoms with E-state index in [4.69, 9.17) is 0 Å². The van der Waals surface area contributed by atoms with Crippen molar-refractivity contribution in [2.45, 2.75) is 43.4 Å². The van der Waals surface area contributed by atoms with Gasteiger partial charge in [-0.05, 0) is 18.9 Å². The van der Waals surface area contributed by atoms with Crippen LogP contribution in [0.25, 0.3) is 0 Å². The van der Waals surface area contributed by atoms with Crippen LogP contribution < -0.4 is 0 Å². The van der Waals surface area contributed by atoms with E-state index < -0.39 is 14.9 Å². The number of para-hydroxylation sites is 1. The standard InChI is InChI=1S/C14H20N2O4S/c17-16(18)13-9-5-6-10-14(13)21(19,20)15-11-7-3-1-2-4-8-12-15/h5-6,9-10H,1-4,7-8,11-12H2. The van der Waals surface area contributed by atoms with Crippen LogP contribution in [0, 0.1) is 10.1 Å². The van der Waals surface area contributed by atoms with E-state index in [0.717, 1.165) is 38.5 Å². The second kappa shape index (κ2) is 7.00. The third-order valence-corrected chi connectivity index (χ3v) is 5.69. The molecular formula is C14H20N2O4S. The molecule has 0 unspecified atom stereocenters. The number of rotatable bonds is 3. The number of nitrogens with zero attached hydrogens (tertiary/aromatic N) is 2. The number of nitro benzene ring substituents is 1. The fourth-order valence-corrected chi connectivity index (χ4v) is 4.28. The molecule has 1 saturated heterocycles. The molecule has 0 atom stereocenters. The van der Waals surface area contributed by atoms with Crippen molar-refractivity contribution >= 4 is 15.7 Å². The largest absolute Gasteiger partial charge is 0.289 e. The number of benzene rings is 1. The Morgan fingerprint density at radius 3 is 2.05 bits per heavy atom. The van der Waals surface area contributed by atoms with Crippen molar-refractivity contribution in [3.8, 4) is 0 Å². The number of hydrogen-bond donors (Lipinski definition) is 0. The summed E-state index contributed by atoms with van der Waals surface area (Å²) in [5.74, 6) is 0. The molecule has 21 heavy (non-hydrogen) atoms. The predicted octanol–water partition coefficient (Wildman–Crippen LogP) is 2.94. The fourth-order valence-electron chi connectivity index (χ4n) is 2.60. The lowest BCUT2D eigenvalue weighted by Crippen LogP contribution is -2.33. The Morgan fingerprint density at radius 1 is 0.952 bits per heavy atom. The van der Waals surface area contributed by atoms with Crippen LogP contribution in [-0.4, -0.2) is 30.7 Å². The third kappa shape index (κ3) is 3.79. The molecule has 0 spiro atoms. The van der Waals surface area contributed by atoms with Crippen LogP contribution in [0.2, 0.25) is 0 Å². The average molecular weight is 312 g/mol. The van der Waals surface area contributed by atoms with Gasteiger partial charge in [0.1, 0.15) is 0 Å². The minimum atomic E-state index is -3.80. The van der Waals surface area contributed by atoms with Crippen LogP contribution in [-0.2, 0) is 10.0 Å². The van der Waals surface area contributed by atoms with Crippen LogP contribution in [0.4, 0.5) is 5.69 Å². The molecule has 0 N–H and O–H groups in total. The van der Waals surface area contributed by atoms with E-state index in [1.807, 2.05) is 0 Å². The zero-order valence-corrected chi connectivity index (χ0v) is 12.7. The lowest BCUT2D eigenvalue weighted by atomic mass is 10.1. The third-order valence-electron chi connectivity index (χ3n) is 3.74. The Hall–Kier alpha value is -1.47. The van der Waals surface area contributed by atoms with Crippen LogP contribution in [0.3, 0.4) is 0 Å². The summed E-state index contributed by atoms with van der Waals surface area (Å²) in [4.78, 5) is 10.2. The zero-order valence-electron chi connectivity index (χ0n) is 11.9. The molecule has 2 rings (SSSR count). The van der Waals surface area contributed by atoms with Gasteiger partial charge in [0.05, 0.1) is 4.92 Å². The Kier molecular flexibility index (Phi) is 5.30. The molecule has 0 amide bonds. The number of sulfonamides is 1. The van der Waals surface area contributed by atoms with Gasteiger partial charge in [-0.25, -0.2) is 8.42 Å².